The smallest absolute Gasteiger partial charge is 0.115 e. The van der Waals surface area contributed by atoms with Crippen molar-refractivity contribution in [3.63, 3.8) is 0 Å². The highest BCUT2D eigenvalue weighted by molar-refractivity contribution is 5.64. The predicted octanol–water partition coefficient (Wildman–Crippen LogP) is -0.166. The third-order valence-corrected chi connectivity index (χ3v) is 0.475. The van der Waals surface area contributed by atoms with Crippen LogP contribution in [-0.2, 0) is 0 Å². The summed E-state index contributed by atoms with van der Waals surface area (Å²) in [6.45, 7) is 5.16. The largest absolute Gasteiger partial charge is 0.384 e. The van der Waals surface area contributed by atoms with E-state index in [-0.39, 0.29) is 6.04 Å². The minimum Gasteiger partial charge on any atom is -0.384 e. The monoisotopic (exact) mass is 113 g/mol. The molecule has 0 heterocycles. The van der Waals surface area contributed by atoms with E-state index in [1.165, 1.54) is 0 Å². The molecule has 0 aliphatic rings. The topological polar surface area (TPSA) is 64.4 Å². The number of hydrogen-bond acceptors (Lipinski definition) is 3. The predicted molar refractivity (Wildman–Crippen MR) is 35.5 cm³/mol. The molecule has 4 N–H and O–H groups in total. The number of nitrogens with zero attached hydrogens (tertiary/aromatic N) is 1. The first-order chi connectivity index (χ1) is 3.63. The highest BCUT2D eigenvalue weighted by Crippen LogP contribution is 1.76. The quantitative estimate of drug-likeness (QED) is 0.488. The molecular weight excluding hydrogens is 102 g/mol. The zero-order chi connectivity index (χ0) is 6.57. The van der Waals surface area contributed by atoms with Gasteiger partial charge in [-0.05, 0) is 6.92 Å². The lowest BCUT2D eigenvalue weighted by molar-refractivity contribution is 0.990. The van der Waals surface area contributed by atoms with Crippen molar-refractivity contribution in [2.45, 2.75) is 13.0 Å². The van der Waals surface area contributed by atoms with Crippen molar-refractivity contribution in [1.82, 2.24) is 0 Å². The number of rotatable bonds is 2. The number of aliphatic imine (C=N–C) groups is 1. The summed E-state index contributed by atoms with van der Waals surface area (Å²) in [5.41, 5.74) is 10.4. The van der Waals surface area contributed by atoms with Crippen molar-refractivity contribution in [3.05, 3.63) is 12.4 Å². The van der Waals surface area contributed by atoms with Gasteiger partial charge in [-0.2, -0.15) is 0 Å². The molecule has 46 valence electrons. The van der Waals surface area contributed by atoms with E-state index in [0.717, 1.165) is 0 Å². The second-order valence-electron chi connectivity index (χ2n) is 1.63. The summed E-state index contributed by atoms with van der Waals surface area (Å²) in [6.07, 6.45) is 1.54. The highest BCUT2D eigenvalue weighted by Gasteiger charge is 1.82. The van der Waals surface area contributed by atoms with Crippen LogP contribution in [0.25, 0.3) is 0 Å². The lowest BCUT2D eigenvalue weighted by Gasteiger charge is -1.91. The van der Waals surface area contributed by atoms with Gasteiger partial charge in [0.25, 0.3) is 0 Å². The minimum absolute atomic E-state index is 0.0460. The standard InChI is InChI=1S/C5H11N3/c1-4(6)3-8-5(2)7/h3-4H,2,6-7H2,1H3. The van der Waals surface area contributed by atoms with Crippen molar-refractivity contribution >= 4 is 6.21 Å². The summed E-state index contributed by atoms with van der Waals surface area (Å²) in [7, 11) is 0. The van der Waals surface area contributed by atoms with Gasteiger partial charge in [0.1, 0.15) is 5.82 Å². The molecule has 0 bridgehead atoms. The molecule has 0 fully saturated rings. The Hall–Kier alpha value is -0.830. The minimum atomic E-state index is -0.0460. The van der Waals surface area contributed by atoms with Gasteiger partial charge in [-0.3, -0.25) is 0 Å². The van der Waals surface area contributed by atoms with Crippen molar-refractivity contribution < 1.29 is 0 Å². The van der Waals surface area contributed by atoms with Gasteiger partial charge in [-0.1, -0.05) is 6.58 Å². The second-order valence-corrected chi connectivity index (χ2v) is 1.63. The molecule has 1 atom stereocenters. The zero-order valence-electron chi connectivity index (χ0n) is 4.96. The molecule has 3 nitrogen and oxygen atoms in total. The first-order valence-corrected chi connectivity index (χ1v) is 2.37. The van der Waals surface area contributed by atoms with Crippen LogP contribution >= 0.6 is 0 Å². The van der Waals surface area contributed by atoms with Gasteiger partial charge in [-0.25, -0.2) is 4.99 Å². The molecule has 0 spiro atoms. The maximum Gasteiger partial charge on any atom is 0.115 e. The molecule has 0 aromatic rings. The van der Waals surface area contributed by atoms with Crippen LogP contribution in [0.3, 0.4) is 0 Å². The number of hydrogen-bond donors (Lipinski definition) is 2. The summed E-state index contributed by atoms with van der Waals surface area (Å²) < 4.78 is 0. The summed E-state index contributed by atoms with van der Waals surface area (Å²) >= 11 is 0. The van der Waals surface area contributed by atoms with Crippen LogP contribution < -0.4 is 11.5 Å². The summed E-state index contributed by atoms with van der Waals surface area (Å²) in [5.74, 6) is 0.294. The van der Waals surface area contributed by atoms with E-state index in [1.807, 2.05) is 6.92 Å². The van der Waals surface area contributed by atoms with E-state index in [1.54, 1.807) is 6.21 Å². The molecule has 0 amide bonds. The molecular formula is C5H11N3. The molecule has 0 rings (SSSR count). The van der Waals surface area contributed by atoms with Crippen LogP contribution in [0.2, 0.25) is 0 Å². The summed E-state index contributed by atoms with van der Waals surface area (Å²) in [6, 6.07) is -0.0460. The molecule has 0 saturated carbocycles. The molecule has 0 radical (unpaired) electrons. The van der Waals surface area contributed by atoms with Gasteiger partial charge in [-0.15, -0.1) is 0 Å². The Kier molecular flexibility index (Phi) is 2.88. The zero-order valence-corrected chi connectivity index (χ0v) is 4.96. The third kappa shape index (κ3) is 5.17. The lowest BCUT2D eigenvalue weighted by atomic mass is 10.4. The maximum absolute atomic E-state index is 5.29. The fourth-order valence-corrected chi connectivity index (χ4v) is 0.213. The molecule has 3 heteroatoms. The average molecular weight is 113 g/mol. The van der Waals surface area contributed by atoms with Crippen molar-refractivity contribution in [1.29, 1.82) is 0 Å². The van der Waals surface area contributed by atoms with Crippen LogP contribution in [0, 0.1) is 0 Å². The van der Waals surface area contributed by atoms with Gasteiger partial charge in [0.15, 0.2) is 0 Å². The fraction of sp³-hybridized carbons (Fsp3) is 0.400. The van der Waals surface area contributed by atoms with Crippen LogP contribution in [0.1, 0.15) is 6.92 Å². The first kappa shape index (κ1) is 7.17. The van der Waals surface area contributed by atoms with E-state index < -0.39 is 0 Å². The second kappa shape index (κ2) is 3.21. The van der Waals surface area contributed by atoms with E-state index >= 15 is 0 Å². The molecule has 1 unspecified atom stereocenters. The molecule has 0 aromatic carbocycles. The Morgan fingerprint density at radius 2 is 2.38 bits per heavy atom. The summed E-state index contributed by atoms with van der Waals surface area (Å²) in [4.78, 5) is 3.66. The van der Waals surface area contributed by atoms with Crippen molar-refractivity contribution in [3.8, 4) is 0 Å². The van der Waals surface area contributed by atoms with Gasteiger partial charge < -0.3 is 11.5 Å². The third-order valence-electron chi connectivity index (χ3n) is 0.475. The Bertz CT molecular complexity index is 104. The first-order valence-electron chi connectivity index (χ1n) is 2.37. The lowest BCUT2D eigenvalue weighted by Crippen LogP contribution is -2.16. The van der Waals surface area contributed by atoms with E-state index in [9.17, 15) is 0 Å². The van der Waals surface area contributed by atoms with Gasteiger partial charge in [0.05, 0.1) is 0 Å². The Morgan fingerprint density at radius 3 is 2.50 bits per heavy atom. The van der Waals surface area contributed by atoms with Crippen molar-refractivity contribution in [2.24, 2.45) is 16.5 Å². The molecule has 0 aliphatic carbocycles. The highest BCUT2D eigenvalue weighted by atomic mass is 14.9. The Balaban J connectivity index is 3.50. The Labute approximate surface area is 49.1 Å². The molecule has 0 aromatic heterocycles. The molecule has 8 heavy (non-hydrogen) atoms. The normalized spacial score (nSPS) is 14.2. The van der Waals surface area contributed by atoms with Crippen LogP contribution in [0.15, 0.2) is 17.4 Å². The fourth-order valence-electron chi connectivity index (χ4n) is 0.213. The van der Waals surface area contributed by atoms with Crippen LogP contribution in [0.4, 0.5) is 0 Å². The molecule has 0 saturated heterocycles. The van der Waals surface area contributed by atoms with E-state index in [0.29, 0.717) is 5.82 Å². The van der Waals surface area contributed by atoms with Gasteiger partial charge in [0.2, 0.25) is 0 Å². The average Bonchev–Trinajstić information content (AvgIpc) is 1.61. The van der Waals surface area contributed by atoms with Gasteiger partial charge >= 0.3 is 0 Å². The summed E-state index contributed by atoms with van der Waals surface area (Å²) in [5, 5.41) is 0. The Morgan fingerprint density at radius 1 is 1.88 bits per heavy atom. The van der Waals surface area contributed by atoms with Crippen LogP contribution in [-0.4, -0.2) is 12.3 Å². The van der Waals surface area contributed by atoms with Crippen molar-refractivity contribution in [2.75, 3.05) is 0 Å². The SMILES string of the molecule is C=C(N)N=CC(C)N. The van der Waals surface area contributed by atoms with E-state index in [4.69, 9.17) is 11.5 Å². The van der Waals surface area contributed by atoms with Gasteiger partial charge in [0, 0.05) is 12.3 Å². The van der Waals surface area contributed by atoms with Crippen LogP contribution in [0.5, 0.6) is 0 Å². The van der Waals surface area contributed by atoms with E-state index in [2.05, 4.69) is 11.6 Å². The maximum atomic E-state index is 5.29. The number of nitrogens with two attached hydrogens (primary N) is 2. The molecule has 0 aliphatic heterocycles.